The fourth-order valence-electron chi connectivity index (χ4n) is 2.27. The summed E-state index contributed by atoms with van der Waals surface area (Å²) in [5.74, 6) is 0.690. The van der Waals surface area contributed by atoms with Crippen LogP contribution >= 0.6 is 11.3 Å². The maximum atomic E-state index is 12.6. The van der Waals surface area contributed by atoms with E-state index in [0.29, 0.717) is 5.92 Å². The first kappa shape index (κ1) is 16.2. The van der Waals surface area contributed by atoms with Crippen molar-refractivity contribution in [3.8, 4) is 0 Å². The smallest absolute Gasteiger partial charge is 0.266 e. The Morgan fingerprint density at radius 1 is 1.16 bits per heavy atom. The highest BCUT2D eigenvalue weighted by Crippen LogP contribution is 2.24. The van der Waals surface area contributed by atoms with Crippen LogP contribution in [0.5, 0.6) is 0 Å². The minimum absolute atomic E-state index is 0.120. The maximum absolute atomic E-state index is 12.6. The van der Waals surface area contributed by atoms with Crippen LogP contribution in [0.3, 0.4) is 0 Å². The van der Waals surface area contributed by atoms with Gasteiger partial charge in [-0.25, -0.2) is 4.98 Å². The third-order valence-corrected chi connectivity index (χ3v) is 4.13. The molecule has 0 aliphatic heterocycles. The molecule has 1 aromatic heterocycles. The zero-order valence-electron chi connectivity index (χ0n) is 13.2. The molecule has 0 unspecified atom stereocenters. The number of aryl methyl sites for hydroxylation is 1. The number of carbonyl (C=O) groups is 1. The fraction of sp³-hybridized carbons (Fsp3) is 0.733. The Morgan fingerprint density at radius 2 is 1.68 bits per heavy atom. The van der Waals surface area contributed by atoms with Crippen molar-refractivity contribution >= 4 is 17.2 Å². The van der Waals surface area contributed by atoms with E-state index in [1.54, 1.807) is 11.3 Å². The first-order valence-electron chi connectivity index (χ1n) is 7.03. The monoisotopic (exact) mass is 282 g/mol. The fourth-order valence-corrected chi connectivity index (χ4v) is 3.49. The number of thiazole rings is 1. The number of nitrogens with zero attached hydrogens (tertiary/aromatic N) is 2. The van der Waals surface area contributed by atoms with Gasteiger partial charge in [0.2, 0.25) is 0 Å². The number of rotatable bonds is 5. The van der Waals surface area contributed by atoms with Gasteiger partial charge in [0.1, 0.15) is 4.88 Å². The highest BCUT2D eigenvalue weighted by atomic mass is 32.1. The number of carbonyl (C=O) groups excluding carboxylic acids is 1. The minimum Gasteiger partial charge on any atom is -0.333 e. The van der Waals surface area contributed by atoms with Crippen molar-refractivity contribution in [1.82, 2.24) is 9.88 Å². The van der Waals surface area contributed by atoms with Gasteiger partial charge in [-0.15, -0.1) is 11.3 Å². The summed E-state index contributed by atoms with van der Waals surface area (Å²) in [5.41, 5.74) is 0.872. The van der Waals surface area contributed by atoms with E-state index in [1.807, 2.05) is 11.8 Å². The highest BCUT2D eigenvalue weighted by Gasteiger charge is 2.25. The van der Waals surface area contributed by atoms with Crippen molar-refractivity contribution in [1.29, 1.82) is 0 Å². The van der Waals surface area contributed by atoms with E-state index in [-0.39, 0.29) is 18.0 Å². The average molecular weight is 282 g/mol. The molecule has 19 heavy (non-hydrogen) atoms. The van der Waals surface area contributed by atoms with Gasteiger partial charge in [0.25, 0.3) is 5.91 Å². The van der Waals surface area contributed by atoms with Crippen LogP contribution in [0.1, 0.15) is 61.9 Å². The van der Waals surface area contributed by atoms with Gasteiger partial charge in [0.05, 0.1) is 10.7 Å². The first-order valence-corrected chi connectivity index (χ1v) is 7.84. The van der Waals surface area contributed by atoms with Crippen molar-refractivity contribution in [3.05, 3.63) is 15.6 Å². The number of hydrogen-bond donors (Lipinski definition) is 0. The second kappa shape index (κ2) is 6.51. The number of amides is 1. The van der Waals surface area contributed by atoms with Crippen LogP contribution in [0, 0.1) is 12.8 Å². The average Bonchev–Trinajstić information content (AvgIpc) is 2.56. The molecule has 0 aromatic carbocycles. The van der Waals surface area contributed by atoms with Gasteiger partial charge in [-0.05, 0) is 40.5 Å². The molecule has 0 aliphatic rings. The van der Waals surface area contributed by atoms with Gasteiger partial charge in [-0.3, -0.25) is 4.79 Å². The normalized spacial score (nSPS) is 11.7. The van der Waals surface area contributed by atoms with E-state index in [2.05, 4.69) is 46.5 Å². The van der Waals surface area contributed by atoms with E-state index in [0.717, 1.165) is 22.0 Å². The summed E-state index contributed by atoms with van der Waals surface area (Å²) < 4.78 is 0. The van der Waals surface area contributed by atoms with Gasteiger partial charge in [-0.1, -0.05) is 13.8 Å². The summed E-state index contributed by atoms with van der Waals surface area (Å²) in [5, 5.41) is 1.07. The Balaban J connectivity index is 3.01. The first-order chi connectivity index (χ1) is 8.73. The SMILES string of the molecule is Cc1nc(CC(C)C)sc1C(=O)N(C(C)C)C(C)C. The Hall–Kier alpha value is -0.900. The van der Waals surface area contributed by atoms with Gasteiger partial charge < -0.3 is 4.90 Å². The van der Waals surface area contributed by atoms with Crippen molar-refractivity contribution < 1.29 is 4.79 Å². The molecule has 3 nitrogen and oxygen atoms in total. The van der Waals surface area contributed by atoms with Gasteiger partial charge in [0, 0.05) is 18.5 Å². The van der Waals surface area contributed by atoms with Gasteiger partial charge >= 0.3 is 0 Å². The van der Waals surface area contributed by atoms with Gasteiger partial charge in [0.15, 0.2) is 0 Å². The zero-order valence-corrected chi connectivity index (χ0v) is 14.0. The lowest BCUT2D eigenvalue weighted by Crippen LogP contribution is -2.41. The lowest BCUT2D eigenvalue weighted by Gasteiger charge is -2.30. The van der Waals surface area contributed by atoms with E-state index in [4.69, 9.17) is 0 Å². The molecule has 4 heteroatoms. The van der Waals surface area contributed by atoms with E-state index >= 15 is 0 Å². The lowest BCUT2D eigenvalue weighted by atomic mass is 10.1. The van der Waals surface area contributed by atoms with Crippen LogP contribution in [-0.2, 0) is 6.42 Å². The summed E-state index contributed by atoms with van der Waals surface area (Å²) in [6.45, 7) is 14.5. The highest BCUT2D eigenvalue weighted by molar-refractivity contribution is 7.13. The van der Waals surface area contributed by atoms with Crippen LogP contribution in [0.4, 0.5) is 0 Å². The summed E-state index contributed by atoms with van der Waals surface area (Å²) >= 11 is 1.56. The second-order valence-electron chi connectivity index (χ2n) is 6.02. The third kappa shape index (κ3) is 4.03. The summed E-state index contributed by atoms with van der Waals surface area (Å²) in [6.07, 6.45) is 0.947. The van der Waals surface area contributed by atoms with Crippen molar-refractivity contribution in [2.75, 3.05) is 0 Å². The Morgan fingerprint density at radius 3 is 2.11 bits per heavy atom. The molecule has 0 aliphatic carbocycles. The molecular formula is C15H26N2OS. The van der Waals surface area contributed by atoms with E-state index in [9.17, 15) is 4.79 Å². The largest absolute Gasteiger partial charge is 0.333 e. The molecule has 0 spiro atoms. The molecule has 0 saturated heterocycles. The van der Waals surface area contributed by atoms with Crippen LogP contribution in [-0.4, -0.2) is 27.9 Å². The van der Waals surface area contributed by atoms with Crippen LogP contribution < -0.4 is 0 Å². The second-order valence-corrected chi connectivity index (χ2v) is 7.10. The topological polar surface area (TPSA) is 33.2 Å². The summed E-state index contributed by atoms with van der Waals surface area (Å²) in [6, 6.07) is 0.421. The molecule has 1 amide bonds. The standard InChI is InChI=1S/C15H26N2OS/c1-9(2)8-13-16-12(7)14(19-13)15(18)17(10(3)4)11(5)6/h9-11H,8H2,1-7H3. The van der Waals surface area contributed by atoms with E-state index in [1.165, 1.54) is 0 Å². The van der Waals surface area contributed by atoms with Crippen molar-refractivity contribution in [2.45, 2.75) is 67.0 Å². The van der Waals surface area contributed by atoms with Crippen molar-refractivity contribution in [2.24, 2.45) is 5.92 Å². The quantitative estimate of drug-likeness (QED) is 0.820. The number of aromatic nitrogens is 1. The van der Waals surface area contributed by atoms with Crippen molar-refractivity contribution in [3.63, 3.8) is 0 Å². The minimum atomic E-state index is 0.120. The predicted molar refractivity (Wildman–Crippen MR) is 81.8 cm³/mol. The van der Waals surface area contributed by atoms with Crippen LogP contribution in [0.25, 0.3) is 0 Å². The predicted octanol–water partition coefficient (Wildman–Crippen LogP) is 3.91. The molecular weight excluding hydrogens is 256 g/mol. The van der Waals surface area contributed by atoms with E-state index < -0.39 is 0 Å². The molecule has 0 bridgehead atoms. The van der Waals surface area contributed by atoms with Gasteiger partial charge in [-0.2, -0.15) is 0 Å². The lowest BCUT2D eigenvalue weighted by molar-refractivity contribution is 0.0648. The van der Waals surface area contributed by atoms with Crippen LogP contribution in [0.15, 0.2) is 0 Å². The molecule has 0 radical (unpaired) electrons. The Kier molecular flexibility index (Phi) is 5.53. The third-order valence-electron chi connectivity index (χ3n) is 2.97. The number of hydrogen-bond acceptors (Lipinski definition) is 3. The molecule has 1 aromatic rings. The Bertz CT molecular complexity index is 427. The molecule has 0 N–H and O–H groups in total. The maximum Gasteiger partial charge on any atom is 0.266 e. The van der Waals surface area contributed by atoms with Crippen LogP contribution in [0.2, 0.25) is 0 Å². The summed E-state index contributed by atoms with van der Waals surface area (Å²) in [4.78, 5) is 19.9. The molecule has 1 heterocycles. The zero-order chi connectivity index (χ0) is 14.7. The molecule has 0 saturated carbocycles. The molecule has 108 valence electrons. The molecule has 0 fully saturated rings. The Labute approximate surface area is 121 Å². The molecule has 1 rings (SSSR count). The molecule has 0 atom stereocenters. The summed E-state index contributed by atoms with van der Waals surface area (Å²) in [7, 11) is 0.